The van der Waals surface area contributed by atoms with Crippen LogP contribution in [0.1, 0.15) is 40.7 Å². The number of ether oxygens (including phenoxy) is 1. The number of anilines is 1. The fourth-order valence-corrected chi connectivity index (χ4v) is 3.30. The van der Waals surface area contributed by atoms with E-state index in [2.05, 4.69) is 10.4 Å². The molecule has 33 heavy (non-hydrogen) atoms. The van der Waals surface area contributed by atoms with E-state index in [0.29, 0.717) is 29.9 Å². The molecule has 2 aromatic heterocycles. The van der Waals surface area contributed by atoms with Gasteiger partial charge >= 0.3 is 5.97 Å². The predicted octanol–water partition coefficient (Wildman–Crippen LogP) is 2.87. The molecule has 2 heterocycles. The number of nitrogens with zero attached hydrogens (tertiary/aromatic N) is 4. The van der Waals surface area contributed by atoms with Crippen LogP contribution in [-0.2, 0) is 16.1 Å². The average molecular weight is 451 g/mol. The monoisotopic (exact) mass is 451 g/mol. The van der Waals surface area contributed by atoms with Gasteiger partial charge in [-0.25, -0.2) is 13.9 Å². The zero-order chi connectivity index (χ0) is 24.1. The summed E-state index contributed by atoms with van der Waals surface area (Å²) in [5.41, 5.74) is 1.45. The molecule has 0 aliphatic heterocycles. The van der Waals surface area contributed by atoms with E-state index >= 15 is 0 Å². The molecule has 0 fully saturated rings. The standard InChI is InChI=1S/C23H22FN5O4/c1-4-10-28-21(31)9-8-19(27-28)23(32)33-13-20(30)26-22-18(12-25)14(2)15(3)29(22)17-7-5-6-16(24)11-17/h5-9,11H,4,10,13H2,1-3H3,(H,26,30). The first-order valence-corrected chi connectivity index (χ1v) is 10.2. The van der Waals surface area contributed by atoms with Crippen molar-refractivity contribution in [2.45, 2.75) is 33.7 Å². The van der Waals surface area contributed by atoms with Crippen LogP contribution in [0.15, 0.2) is 41.2 Å². The van der Waals surface area contributed by atoms with Gasteiger partial charge in [0.15, 0.2) is 12.3 Å². The Morgan fingerprint density at radius 1 is 1.24 bits per heavy atom. The predicted molar refractivity (Wildman–Crippen MR) is 118 cm³/mol. The van der Waals surface area contributed by atoms with Crippen LogP contribution in [0.25, 0.3) is 5.69 Å². The number of carbonyl (C=O) groups is 2. The normalized spacial score (nSPS) is 10.5. The average Bonchev–Trinajstić information content (AvgIpc) is 3.02. The van der Waals surface area contributed by atoms with E-state index in [0.717, 1.165) is 4.68 Å². The van der Waals surface area contributed by atoms with Gasteiger partial charge in [0.2, 0.25) is 0 Å². The van der Waals surface area contributed by atoms with E-state index in [4.69, 9.17) is 4.74 Å². The fraction of sp³-hybridized carbons (Fsp3) is 0.261. The molecule has 3 rings (SSSR count). The molecule has 9 nitrogen and oxygen atoms in total. The molecule has 0 bridgehead atoms. The molecule has 0 radical (unpaired) electrons. The molecule has 0 saturated carbocycles. The minimum absolute atomic E-state index is 0.108. The van der Waals surface area contributed by atoms with Gasteiger partial charge in [0.05, 0.1) is 11.3 Å². The lowest BCUT2D eigenvalue weighted by molar-refractivity contribution is -0.119. The number of carbonyl (C=O) groups excluding carboxylic acids is 2. The second-order valence-electron chi connectivity index (χ2n) is 7.27. The lowest BCUT2D eigenvalue weighted by atomic mass is 10.2. The number of benzene rings is 1. The van der Waals surface area contributed by atoms with E-state index in [1.54, 1.807) is 24.5 Å². The van der Waals surface area contributed by atoms with Crippen molar-refractivity contribution in [3.63, 3.8) is 0 Å². The van der Waals surface area contributed by atoms with E-state index in [1.807, 2.05) is 13.0 Å². The van der Waals surface area contributed by atoms with Crippen LogP contribution in [-0.4, -0.2) is 32.8 Å². The Labute approximate surface area is 189 Å². The van der Waals surface area contributed by atoms with Crippen molar-refractivity contribution in [2.24, 2.45) is 0 Å². The van der Waals surface area contributed by atoms with Gasteiger partial charge in [-0.3, -0.25) is 14.2 Å². The molecule has 170 valence electrons. The highest BCUT2D eigenvalue weighted by atomic mass is 19.1. The third kappa shape index (κ3) is 4.98. The number of halogens is 1. The molecular formula is C23H22FN5O4. The van der Waals surface area contributed by atoms with Crippen LogP contribution in [0.2, 0.25) is 0 Å². The summed E-state index contributed by atoms with van der Waals surface area (Å²) < 4.78 is 21.5. The minimum Gasteiger partial charge on any atom is -0.451 e. The van der Waals surface area contributed by atoms with Crippen molar-refractivity contribution in [2.75, 3.05) is 11.9 Å². The van der Waals surface area contributed by atoms with Gasteiger partial charge in [0, 0.05) is 18.3 Å². The maximum Gasteiger partial charge on any atom is 0.359 e. The number of aromatic nitrogens is 3. The van der Waals surface area contributed by atoms with Crippen LogP contribution >= 0.6 is 0 Å². The number of nitrogens with one attached hydrogen (secondary N) is 1. The van der Waals surface area contributed by atoms with E-state index in [-0.39, 0.29) is 22.6 Å². The maximum absolute atomic E-state index is 13.8. The minimum atomic E-state index is -0.872. The van der Waals surface area contributed by atoms with E-state index in [9.17, 15) is 24.0 Å². The third-order valence-corrected chi connectivity index (χ3v) is 5.00. The number of esters is 1. The topological polar surface area (TPSA) is 119 Å². The fourth-order valence-electron chi connectivity index (χ4n) is 3.30. The highest BCUT2D eigenvalue weighted by Gasteiger charge is 2.22. The Hall–Kier alpha value is -4.26. The maximum atomic E-state index is 13.8. The van der Waals surface area contributed by atoms with Crippen molar-refractivity contribution in [1.29, 1.82) is 5.26 Å². The molecule has 0 unspecified atom stereocenters. The Kier molecular flexibility index (Phi) is 7.03. The number of aryl methyl sites for hydroxylation is 1. The molecule has 0 aliphatic rings. The molecule has 0 atom stereocenters. The zero-order valence-electron chi connectivity index (χ0n) is 18.4. The second kappa shape index (κ2) is 9.91. The molecule has 1 amide bonds. The van der Waals surface area contributed by atoms with Crippen molar-refractivity contribution >= 4 is 17.7 Å². The number of hydrogen-bond donors (Lipinski definition) is 1. The second-order valence-corrected chi connectivity index (χ2v) is 7.27. The van der Waals surface area contributed by atoms with Crippen molar-refractivity contribution in [3.05, 3.63) is 75.1 Å². The Morgan fingerprint density at radius 2 is 2.00 bits per heavy atom. The van der Waals surface area contributed by atoms with Crippen LogP contribution in [0.4, 0.5) is 10.2 Å². The van der Waals surface area contributed by atoms with Gasteiger partial charge < -0.3 is 10.1 Å². The smallest absolute Gasteiger partial charge is 0.359 e. The molecule has 3 aromatic rings. The number of amides is 1. The van der Waals surface area contributed by atoms with Gasteiger partial charge in [-0.15, -0.1) is 0 Å². The summed E-state index contributed by atoms with van der Waals surface area (Å²) >= 11 is 0. The molecule has 0 saturated heterocycles. The van der Waals surface area contributed by atoms with Gasteiger partial charge in [-0.1, -0.05) is 13.0 Å². The summed E-state index contributed by atoms with van der Waals surface area (Å²) in [4.78, 5) is 36.6. The lowest BCUT2D eigenvalue weighted by Crippen LogP contribution is -2.26. The third-order valence-electron chi connectivity index (χ3n) is 5.00. The van der Waals surface area contributed by atoms with E-state index in [1.165, 1.54) is 30.3 Å². The highest BCUT2D eigenvalue weighted by molar-refractivity contribution is 5.95. The molecule has 1 N–H and O–H groups in total. The van der Waals surface area contributed by atoms with Gasteiger partial charge in [-0.2, -0.15) is 10.4 Å². The number of hydrogen-bond acceptors (Lipinski definition) is 6. The van der Waals surface area contributed by atoms with Crippen LogP contribution in [0.3, 0.4) is 0 Å². The van der Waals surface area contributed by atoms with Crippen molar-refractivity contribution in [3.8, 4) is 11.8 Å². The molecule has 1 aromatic carbocycles. The molecule has 10 heteroatoms. The van der Waals surface area contributed by atoms with Crippen LogP contribution in [0, 0.1) is 31.0 Å². The summed E-state index contributed by atoms with van der Waals surface area (Å²) in [7, 11) is 0. The van der Waals surface area contributed by atoms with Crippen molar-refractivity contribution in [1.82, 2.24) is 14.3 Å². The first kappa shape index (κ1) is 23.4. The van der Waals surface area contributed by atoms with Crippen LogP contribution < -0.4 is 10.9 Å². The number of nitriles is 1. The number of rotatable bonds is 7. The first-order valence-electron chi connectivity index (χ1n) is 10.2. The van der Waals surface area contributed by atoms with Gasteiger partial charge in [0.25, 0.3) is 11.5 Å². The Bertz CT molecular complexity index is 1320. The lowest BCUT2D eigenvalue weighted by Gasteiger charge is -2.13. The Morgan fingerprint density at radius 3 is 2.67 bits per heavy atom. The zero-order valence-corrected chi connectivity index (χ0v) is 18.4. The SMILES string of the molecule is CCCn1nc(C(=O)OCC(=O)Nc2c(C#N)c(C)c(C)n2-c2cccc(F)c2)ccc1=O. The van der Waals surface area contributed by atoms with Gasteiger partial charge in [0.1, 0.15) is 17.7 Å². The molecule has 0 aliphatic carbocycles. The molecule has 0 spiro atoms. The van der Waals surface area contributed by atoms with Crippen molar-refractivity contribution < 1.29 is 18.7 Å². The van der Waals surface area contributed by atoms with Gasteiger partial charge in [-0.05, 0) is 50.1 Å². The summed E-state index contributed by atoms with van der Waals surface area (Å²) in [5.74, 6) is -1.89. The summed E-state index contributed by atoms with van der Waals surface area (Å²) in [6, 6.07) is 10.2. The summed E-state index contributed by atoms with van der Waals surface area (Å²) in [5, 5.41) is 16.1. The first-order chi connectivity index (χ1) is 15.8. The Balaban J connectivity index is 1.80. The summed E-state index contributed by atoms with van der Waals surface area (Å²) in [6.45, 7) is 5.02. The van der Waals surface area contributed by atoms with Crippen LogP contribution in [0.5, 0.6) is 0 Å². The largest absolute Gasteiger partial charge is 0.451 e. The molecular weight excluding hydrogens is 429 g/mol. The van der Waals surface area contributed by atoms with E-state index < -0.39 is 24.3 Å². The summed E-state index contributed by atoms with van der Waals surface area (Å²) in [6.07, 6.45) is 0.652. The highest BCUT2D eigenvalue weighted by Crippen LogP contribution is 2.30. The quantitative estimate of drug-likeness (QED) is 0.552.